The van der Waals surface area contributed by atoms with Crippen molar-refractivity contribution in [3.05, 3.63) is 12.2 Å². The van der Waals surface area contributed by atoms with Gasteiger partial charge in [-0.15, -0.1) is 0 Å². The molecule has 0 radical (unpaired) electrons. The summed E-state index contributed by atoms with van der Waals surface area (Å²) in [6, 6.07) is 0.527. The Morgan fingerprint density at radius 3 is 2.47 bits per heavy atom. The SMILES string of the molecule is CN(C(=O)C1CC2C=CC1C2)C1CCCCC1. The van der Waals surface area contributed by atoms with Crippen LogP contribution in [0.5, 0.6) is 0 Å². The molecule has 0 aromatic heterocycles. The van der Waals surface area contributed by atoms with E-state index in [2.05, 4.69) is 17.1 Å². The Morgan fingerprint density at radius 2 is 1.88 bits per heavy atom. The number of allylic oxidation sites excluding steroid dienone is 2. The van der Waals surface area contributed by atoms with Crippen LogP contribution in [0.15, 0.2) is 12.2 Å². The standard InChI is InChI=1S/C15H23NO/c1-16(13-5-3-2-4-6-13)15(17)14-10-11-7-8-12(14)9-11/h7-8,11-14H,2-6,9-10H2,1H3. The average molecular weight is 233 g/mol. The normalized spacial score (nSPS) is 36.4. The first-order valence-electron chi connectivity index (χ1n) is 7.20. The highest BCUT2D eigenvalue weighted by Crippen LogP contribution is 2.44. The Hall–Kier alpha value is -0.790. The van der Waals surface area contributed by atoms with Crippen LogP contribution in [0.2, 0.25) is 0 Å². The fraction of sp³-hybridized carbons (Fsp3) is 0.800. The van der Waals surface area contributed by atoms with E-state index < -0.39 is 0 Å². The molecule has 0 heterocycles. The lowest BCUT2D eigenvalue weighted by Crippen LogP contribution is -2.42. The second-order valence-electron chi connectivity index (χ2n) is 6.13. The summed E-state index contributed by atoms with van der Waals surface area (Å²) in [6.45, 7) is 0. The molecular formula is C15H23NO. The molecule has 3 aliphatic carbocycles. The number of carbonyl (C=O) groups is 1. The van der Waals surface area contributed by atoms with Crippen LogP contribution in [0.25, 0.3) is 0 Å². The molecule has 2 nitrogen and oxygen atoms in total. The molecule has 17 heavy (non-hydrogen) atoms. The number of nitrogens with zero attached hydrogens (tertiary/aromatic N) is 1. The molecule has 0 saturated heterocycles. The summed E-state index contributed by atoms with van der Waals surface area (Å²) in [6.07, 6.45) is 13.3. The number of carbonyl (C=O) groups excluding carboxylic acids is 1. The third-order valence-corrected chi connectivity index (χ3v) is 5.07. The van der Waals surface area contributed by atoms with Gasteiger partial charge in [0, 0.05) is 19.0 Å². The summed E-state index contributed by atoms with van der Waals surface area (Å²) in [4.78, 5) is 14.6. The molecular weight excluding hydrogens is 210 g/mol. The van der Waals surface area contributed by atoms with E-state index in [4.69, 9.17) is 0 Å². The molecule has 0 aromatic rings. The van der Waals surface area contributed by atoms with Gasteiger partial charge >= 0.3 is 0 Å². The Morgan fingerprint density at radius 1 is 1.12 bits per heavy atom. The van der Waals surface area contributed by atoms with E-state index in [0.717, 1.165) is 6.42 Å². The van der Waals surface area contributed by atoms with Crippen LogP contribution in [0, 0.1) is 17.8 Å². The molecule has 2 heteroatoms. The van der Waals surface area contributed by atoms with Crippen molar-refractivity contribution < 1.29 is 4.79 Å². The number of fused-ring (bicyclic) bond motifs is 2. The van der Waals surface area contributed by atoms with Crippen LogP contribution in [0.4, 0.5) is 0 Å². The molecule has 0 N–H and O–H groups in total. The maximum atomic E-state index is 12.5. The van der Waals surface area contributed by atoms with Crippen molar-refractivity contribution >= 4 is 5.91 Å². The fourth-order valence-corrected chi connectivity index (χ4v) is 3.97. The van der Waals surface area contributed by atoms with Gasteiger partial charge in [-0.25, -0.2) is 0 Å². The van der Waals surface area contributed by atoms with Crippen LogP contribution in [-0.4, -0.2) is 23.9 Å². The van der Waals surface area contributed by atoms with Gasteiger partial charge in [-0.1, -0.05) is 31.4 Å². The summed E-state index contributed by atoms with van der Waals surface area (Å²) >= 11 is 0. The first kappa shape index (κ1) is 11.3. The van der Waals surface area contributed by atoms with Gasteiger partial charge in [-0.3, -0.25) is 4.79 Å². The number of hydrogen-bond donors (Lipinski definition) is 0. The second kappa shape index (κ2) is 4.47. The molecule has 0 aromatic carbocycles. The summed E-state index contributed by atoms with van der Waals surface area (Å²) < 4.78 is 0. The van der Waals surface area contributed by atoms with Crippen molar-refractivity contribution in [2.45, 2.75) is 51.0 Å². The zero-order valence-corrected chi connectivity index (χ0v) is 10.8. The second-order valence-corrected chi connectivity index (χ2v) is 6.13. The third-order valence-electron chi connectivity index (χ3n) is 5.07. The maximum absolute atomic E-state index is 12.5. The van der Waals surface area contributed by atoms with Crippen LogP contribution >= 0.6 is 0 Å². The van der Waals surface area contributed by atoms with Gasteiger partial charge in [-0.2, -0.15) is 0 Å². The molecule has 1 amide bonds. The fourth-order valence-electron chi connectivity index (χ4n) is 3.97. The topological polar surface area (TPSA) is 20.3 Å². The Labute approximate surface area is 104 Å². The predicted molar refractivity (Wildman–Crippen MR) is 68.5 cm³/mol. The third kappa shape index (κ3) is 2.02. The Balaban J connectivity index is 1.63. The van der Waals surface area contributed by atoms with E-state index in [-0.39, 0.29) is 0 Å². The Kier molecular flexibility index (Phi) is 2.97. The van der Waals surface area contributed by atoms with E-state index in [1.807, 2.05) is 7.05 Å². The van der Waals surface area contributed by atoms with E-state index in [1.165, 1.54) is 38.5 Å². The monoisotopic (exact) mass is 233 g/mol. The van der Waals surface area contributed by atoms with Gasteiger partial charge in [0.15, 0.2) is 0 Å². The van der Waals surface area contributed by atoms with Crippen molar-refractivity contribution in [3.8, 4) is 0 Å². The molecule has 2 saturated carbocycles. The Bertz CT molecular complexity index is 330. The maximum Gasteiger partial charge on any atom is 0.226 e. The van der Waals surface area contributed by atoms with Crippen LogP contribution < -0.4 is 0 Å². The van der Waals surface area contributed by atoms with Gasteiger partial charge in [-0.05, 0) is 37.5 Å². The highest BCUT2D eigenvalue weighted by atomic mass is 16.2. The lowest BCUT2D eigenvalue weighted by molar-refractivity contribution is -0.137. The molecule has 2 fully saturated rings. The lowest BCUT2D eigenvalue weighted by Gasteiger charge is -2.34. The number of amides is 1. The molecule has 0 spiro atoms. The van der Waals surface area contributed by atoms with E-state index in [1.54, 1.807) is 0 Å². The van der Waals surface area contributed by atoms with E-state index >= 15 is 0 Å². The molecule has 3 atom stereocenters. The molecule has 0 aliphatic heterocycles. The predicted octanol–water partition coefficient (Wildman–Crippen LogP) is 2.99. The van der Waals surface area contributed by atoms with Gasteiger partial charge < -0.3 is 4.90 Å². The minimum atomic E-state index is 0.303. The van der Waals surface area contributed by atoms with Crippen molar-refractivity contribution in [2.75, 3.05) is 7.05 Å². The summed E-state index contributed by atoms with van der Waals surface area (Å²) in [5.41, 5.74) is 0. The van der Waals surface area contributed by atoms with E-state index in [9.17, 15) is 4.79 Å². The quantitative estimate of drug-likeness (QED) is 0.671. The average Bonchev–Trinajstić information content (AvgIpc) is 3.00. The number of rotatable bonds is 2. The minimum absolute atomic E-state index is 0.303. The summed E-state index contributed by atoms with van der Waals surface area (Å²) in [5, 5.41) is 0. The van der Waals surface area contributed by atoms with E-state index in [0.29, 0.717) is 29.7 Å². The molecule has 3 aliphatic rings. The van der Waals surface area contributed by atoms with Gasteiger partial charge in [0.25, 0.3) is 0 Å². The molecule has 94 valence electrons. The summed E-state index contributed by atoms with van der Waals surface area (Å²) in [5.74, 6) is 1.98. The zero-order valence-electron chi connectivity index (χ0n) is 10.8. The van der Waals surface area contributed by atoms with Crippen molar-refractivity contribution in [1.82, 2.24) is 4.90 Å². The molecule has 3 unspecified atom stereocenters. The lowest BCUT2D eigenvalue weighted by atomic mass is 9.89. The van der Waals surface area contributed by atoms with Gasteiger partial charge in [0.2, 0.25) is 5.91 Å². The highest BCUT2D eigenvalue weighted by molar-refractivity contribution is 5.80. The van der Waals surface area contributed by atoms with Crippen LogP contribution in [0.3, 0.4) is 0 Å². The zero-order chi connectivity index (χ0) is 11.8. The van der Waals surface area contributed by atoms with Gasteiger partial charge in [0.05, 0.1) is 0 Å². The van der Waals surface area contributed by atoms with Crippen molar-refractivity contribution in [2.24, 2.45) is 17.8 Å². The van der Waals surface area contributed by atoms with Gasteiger partial charge in [0.1, 0.15) is 0 Å². The molecule has 3 rings (SSSR count). The van der Waals surface area contributed by atoms with Crippen molar-refractivity contribution in [1.29, 1.82) is 0 Å². The first-order valence-corrected chi connectivity index (χ1v) is 7.20. The first-order chi connectivity index (χ1) is 8.25. The molecule has 2 bridgehead atoms. The largest absolute Gasteiger partial charge is 0.343 e. The minimum Gasteiger partial charge on any atom is -0.343 e. The van der Waals surface area contributed by atoms with Crippen LogP contribution in [-0.2, 0) is 4.79 Å². The smallest absolute Gasteiger partial charge is 0.226 e. The summed E-state index contributed by atoms with van der Waals surface area (Å²) in [7, 11) is 2.04. The number of hydrogen-bond acceptors (Lipinski definition) is 1. The van der Waals surface area contributed by atoms with Crippen LogP contribution in [0.1, 0.15) is 44.9 Å². The van der Waals surface area contributed by atoms with Crippen molar-refractivity contribution in [3.63, 3.8) is 0 Å². The highest BCUT2D eigenvalue weighted by Gasteiger charge is 2.41.